The minimum absolute atomic E-state index is 0.00205. The predicted molar refractivity (Wildman–Crippen MR) is 72.1 cm³/mol. The molecule has 18 heavy (non-hydrogen) atoms. The Morgan fingerprint density at radius 2 is 2.17 bits per heavy atom. The number of aromatic nitrogens is 2. The van der Waals surface area contributed by atoms with Gasteiger partial charge in [-0.1, -0.05) is 19.3 Å². The van der Waals surface area contributed by atoms with Gasteiger partial charge >= 0.3 is 0 Å². The maximum atomic E-state index is 6.06. The van der Waals surface area contributed by atoms with Crippen molar-refractivity contribution in [1.82, 2.24) is 9.78 Å². The summed E-state index contributed by atoms with van der Waals surface area (Å²) >= 11 is 0. The number of ether oxygens (including phenoxy) is 1. The van der Waals surface area contributed by atoms with Crippen molar-refractivity contribution < 1.29 is 4.74 Å². The molecule has 4 heteroatoms. The first-order valence-corrected chi connectivity index (χ1v) is 7.02. The zero-order valence-electron chi connectivity index (χ0n) is 11.5. The highest BCUT2D eigenvalue weighted by molar-refractivity contribution is 5.10. The maximum absolute atomic E-state index is 6.06. The van der Waals surface area contributed by atoms with Gasteiger partial charge in [-0.2, -0.15) is 5.10 Å². The molecule has 0 bridgehead atoms. The maximum Gasteiger partial charge on any atom is 0.100 e. The lowest BCUT2D eigenvalue weighted by atomic mass is 9.90. The van der Waals surface area contributed by atoms with E-state index in [9.17, 15) is 0 Å². The molecule has 0 saturated heterocycles. The second-order valence-electron chi connectivity index (χ2n) is 5.56. The van der Waals surface area contributed by atoms with Crippen LogP contribution in [-0.4, -0.2) is 22.4 Å². The monoisotopic (exact) mass is 251 g/mol. The van der Waals surface area contributed by atoms with Crippen molar-refractivity contribution in [2.45, 2.75) is 51.2 Å². The van der Waals surface area contributed by atoms with Crippen LogP contribution in [0.5, 0.6) is 0 Å². The Morgan fingerprint density at radius 1 is 1.44 bits per heavy atom. The molecule has 1 aliphatic carbocycles. The Labute approximate surface area is 110 Å². The molecule has 2 unspecified atom stereocenters. The van der Waals surface area contributed by atoms with Gasteiger partial charge in [0.15, 0.2) is 0 Å². The smallest absolute Gasteiger partial charge is 0.100 e. The molecule has 102 valence electrons. The molecule has 1 aromatic heterocycles. The van der Waals surface area contributed by atoms with Crippen LogP contribution >= 0.6 is 0 Å². The van der Waals surface area contributed by atoms with Gasteiger partial charge in [0.05, 0.1) is 12.8 Å². The Hall–Kier alpha value is -0.870. The summed E-state index contributed by atoms with van der Waals surface area (Å²) in [6.45, 7) is 2.83. The van der Waals surface area contributed by atoms with Crippen molar-refractivity contribution >= 4 is 0 Å². The van der Waals surface area contributed by atoms with Gasteiger partial charge < -0.3 is 10.5 Å². The number of nitrogens with two attached hydrogens (primary N) is 1. The molecule has 0 aliphatic heterocycles. The van der Waals surface area contributed by atoms with E-state index in [1.165, 1.54) is 32.1 Å². The van der Waals surface area contributed by atoms with Crippen molar-refractivity contribution in [3.8, 4) is 0 Å². The van der Waals surface area contributed by atoms with E-state index in [1.54, 1.807) is 4.68 Å². The topological polar surface area (TPSA) is 53.1 Å². The number of rotatable bonds is 5. The first-order chi connectivity index (χ1) is 8.66. The van der Waals surface area contributed by atoms with Crippen LogP contribution in [0.25, 0.3) is 0 Å². The van der Waals surface area contributed by atoms with Crippen molar-refractivity contribution in [3.05, 3.63) is 18.0 Å². The molecular formula is C14H25N3O. The Balaban J connectivity index is 1.90. The normalized spacial score (nSPS) is 20.8. The number of hydrogen-bond donors (Lipinski definition) is 1. The van der Waals surface area contributed by atoms with E-state index >= 15 is 0 Å². The molecule has 1 heterocycles. The minimum atomic E-state index is -0.0272. The lowest BCUT2D eigenvalue weighted by Crippen LogP contribution is -2.28. The summed E-state index contributed by atoms with van der Waals surface area (Å²) in [5.41, 5.74) is 7.12. The molecule has 0 amide bonds. The van der Waals surface area contributed by atoms with Crippen molar-refractivity contribution in [2.75, 3.05) is 6.61 Å². The lowest BCUT2D eigenvalue weighted by molar-refractivity contribution is 0.00819. The van der Waals surface area contributed by atoms with Gasteiger partial charge in [0.2, 0.25) is 0 Å². The summed E-state index contributed by atoms with van der Waals surface area (Å²) in [6.07, 6.45) is 10.5. The lowest BCUT2D eigenvalue weighted by Gasteiger charge is -2.26. The van der Waals surface area contributed by atoms with Crippen LogP contribution in [0.4, 0.5) is 0 Å². The molecule has 1 fully saturated rings. The Morgan fingerprint density at radius 3 is 2.72 bits per heavy atom. The summed E-state index contributed by atoms with van der Waals surface area (Å²) in [7, 11) is 1.92. The van der Waals surface area contributed by atoms with Crippen LogP contribution < -0.4 is 5.73 Å². The van der Waals surface area contributed by atoms with Crippen LogP contribution in [0, 0.1) is 5.92 Å². The Bertz CT molecular complexity index is 356. The molecule has 1 aromatic rings. The van der Waals surface area contributed by atoms with Crippen LogP contribution in [0.15, 0.2) is 12.4 Å². The van der Waals surface area contributed by atoms with E-state index < -0.39 is 0 Å². The van der Waals surface area contributed by atoms with Gasteiger partial charge in [0, 0.05) is 24.8 Å². The zero-order valence-corrected chi connectivity index (χ0v) is 11.5. The molecule has 1 aliphatic rings. The SMILES string of the molecule is CC(N)C(OCC1CCCCC1)c1cnn(C)c1. The van der Waals surface area contributed by atoms with E-state index in [4.69, 9.17) is 10.5 Å². The molecule has 0 aromatic carbocycles. The standard InChI is InChI=1S/C14H25N3O/c1-11(15)14(13-8-16-17(2)9-13)18-10-12-6-4-3-5-7-12/h8-9,11-12,14H,3-7,10,15H2,1-2H3. The van der Waals surface area contributed by atoms with Gasteiger partial charge in [-0.3, -0.25) is 4.68 Å². The highest BCUT2D eigenvalue weighted by atomic mass is 16.5. The summed E-state index contributed by atoms with van der Waals surface area (Å²) < 4.78 is 7.86. The van der Waals surface area contributed by atoms with E-state index in [-0.39, 0.29) is 12.1 Å². The second-order valence-corrected chi connectivity index (χ2v) is 5.56. The summed E-state index contributed by atoms with van der Waals surface area (Å²) in [5, 5.41) is 4.20. The third kappa shape index (κ3) is 3.56. The van der Waals surface area contributed by atoms with E-state index in [1.807, 2.05) is 26.4 Å². The van der Waals surface area contributed by atoms with Crippen LogP contribution in [-0.2, 0) is 11.8 Å². The summed E-state index contributed by atoms with van der Waals surface area (Å²) in [6, 6.07) is -0.00205. The van der Waals surface area contributed by atoms with Gasteiger partial charge in [-0.15, -0.1) is 0 Å². The van der Waals surface area contributed by atoms with Crippen LogP contribution in [0.2, 0.25) is 0 Å². The van der Waals surface area contributed by atoms with Gasteiger partial charge in [0.1, 0.15) is 6.10 Å². The Kier molecular flexibility index (Phi) is 4.78. The van der Waals surface area contributed by atoms with Crippen molar-refractivity contribution in [3.63, 3.8) is 0 Å². The third-order valence-electron chi connectivity index (χ3n) is 3.77. The molecule has 2 atom stereocenters. The molecular weight excluding hydrogens is 226 g/mol. The fourth-order valence-corrected chi connectivity index (χ4v) is 2.73. The summed E-state index contributed by atoms with van der Waals surface area (Å²) in [4.78, 5) is 0. The largest absolute Gasteiger partial charge is 0.372 e. The molecule has 2 N–H and O–H groups in total. The average molecular weight is 251 g/mol. The first kappa shape index (κ1) is 13.6. The first-order valence-electron chi connectivity index (χ1n) is 7.02. The average Bonchev–Trinajstić information content (AvgIpc) is 2.77. The van der Waals surface area contributed by atoms with Gasteiger partial charge in [-0.05, 0) is 25.7 Å². The fraction of sp³-hybridized carbons (Fsp3) is 0.786. The highest BCUT2D eigenvalue weighted by Gasteiger charge is 2.21. The zero-order chi connectivity index (χ0) is 13.0. The molecule has 0 radical (unpaired) electrons. The molecule has 1 saturated carbocycles. The van der Waals surface area contributed by atoms with Crippen LogP contribution in [0.1, 0.15) is 50.7 Å². The van der Waals surface area contributed by atoms with Crippen LogP contribution in [0.3, 0.4) is 0 Å². The molecule has 4 nitrogen and oxygen atoms in total. The highest BCUT2D eigenvalue weighted by Crippen LogP contribution is 2.27. The molecule has 2 rings (SSSR count). The third-order valence-corrected chi connectivity index (χ3v) is 3.77. The fourth-order valence-electron chi connectivity index (χ4n) is 2.73. The van der Waals surface area contributed by atoms with Gasteiger partial charge in [-0.25, -0.2) is 0 Å². The second kappa shape index (κ2) is 6.34. The number of aryl methyl sites for hydroxylation is 1. The van der Waals surface area contributed by atoms with Crippen molar-refractivity contribution in [1.29, 1.82) is 0 Å². The summed E-state index contributed by atoms with van der Waals surface area (Å²) in [5.74, 6) is 0.719. The molecule has 0 spiro atoms. The number of nitrogens with zero attached hydrogens (tertiary/aromatic N) is 2. The van der Waals surface area contributed by atoms with Gasteiger partial charge in [0.25, 0.3) is 0 Å². The number of hydrogen-bond acceptors (Lipinski definition) is 3. The quantitative estimate of drug-likeness (QED) is 0.874. The predicted octanol–water partition coefficient (Wildman–Crippen LogP) is 2.41. The van der Waals surface area contributed by atoms with E-state index in [0.29, 0.717) is 0 Å². The minimum Gasteiger partial charge on any atom is -0.372 e. The van der Waals surface area contributed by atoms with E-state index in [0.717, 1.165) is 18.1 Å². The van der Waals surface area contributed by atoms with E-state index in [2.05, 4.69) is 5.10 Å². The van der Waals surface area contributed by atoms with Crippen molar-refractivity contribution in [2.24, 2.45) is 18.7 Å².